The molecule has 1 N–H and O–H groups in total. The van der Waals surface area contributed by atoms with E-state index in [9.17, 15) is 14.7 Å². The zero-order valence-electron chi connectivity index (χ0n) is 10.1. The average molecular weight is 249 g/mol. The van der Waals surface area contributed by atoms with Crippen LogP contribution in [0.4, 0.5) is 0 Å². The van der Waals surface area contributed by atoms with Gasteiger partial charge in [0.1, 0.15) is 5.75 Å². The first kappa shape index (κ1) is 12.4. The van der Waals surface area contributed by atoms with Crippen molar-refractivity contribution in [1.29, 1.82) is 0 Å². The molecule has 1 aliphatic rings. The maximum Gasteiger partial charge on any atom is 0.310 e. The number of nitrogens with zero attached hydrogens (tertiary/aromatic N) is 1. The summed E-state index contributed by atoms with van der Waals surface area (Å²) in [5, 5.41) is 9.34. The third-order valence-corrected chi connectivity index (χ3v) is 3.10. The number of likely N-dealkylation sites (tertiary alicyclic amines) is 1. The van der Waals surface area contributed by atoms with Crippen molar-refractivity contribution in [2.24, 2.45) is 5.92 Å². The third-order valence-electron chi connectivity index (χ3n) is 3.10. The molecule has 0 radical (unpaired) electrons. The lowest BCUT2D eigenvalue weighted by molar-refractivity contribution is -0.144. The molecule has 1 aromatic carbocycles. The Morgan fingerprint density at radius 2 is 2.22 bits per heavy atom. The Balaban J connectivity index is 2.06. The molecule has 5 heteroatoms. The number of carbonyl (C=O) groups is 2. The number of aromatic hydroxyl groups is 1. The van der Waals surface area contributed by atoms with Crippen LogP contribution in [0.2, 0.25) is 0 Å². The van der Waals surface area contributed by atoms with Crippen LogP contribution in [0.3, 0.4) is 0 Å². The van der Waals surface area contributed by atoms with Crippen LogP contribution in [0, 0.1) is 5.92 Å². The van der Waals surface area contributed by atoms with Crippen LogP contribution in [0.1, 0.15) is 16.8 Å². The number of carbonyl (C=O) groups excluding carboxylic acids is 2. The first-order chi connectivity index (χ1) is 8.61. The van der Waals surface area contributed by atoms with Crippen molar-refractivity contribution < 1.29 is 19.4 Å². The largest absolute Gasteiger partial charge is 0.508 e. The molecule has 96 valence electrons. The van der Waals surface area contributed by atoms with Crippen molar-refractivity contribution in [2.45, 2.75) is 6.42 Å². The van der Waals surface area contributed by atoms with Crippen LogP contribution in [0.5, 0.6) is 5.75 Å². The Kier molecular flexibility index (Phi) is 3.50. The highest BCUT2D eigenvalue weighted by Gasteiger charge is 2.32. The van der Waals surface area contributed by atoms with E-state index in [0.29, 0.717) is 25.1 Å². The van der Waals surface area contributed by atoms with Gasteiger partial charge in [0.15, 0.2) is 0 Å². The van der Waals surface area contributed by atoms with Crippen molar-refractivity contribution in [3.8, 4) is 5.75 Å². The summed E-state index contributed by atoms with van der Waals surface area (Å²) < 4.78 is 4.67. The summed E-state index contributed by atoms with van der Waals surface area (Å²) in [6.07, 6.45) is 0.622. The molecule has 18 heavy (non-hydrogen) atoms. The number of hydrogen-bond donors (Lipinski definition) is 1. The number of amides is 1. The number of phenolic OH excluding ortho intramolecular Hbond substituents is 1. The Bertz CT molecular complexity index is 472. The van der Waals surface area contributed by atoms with Gasteiger partial charge in [-0.15, -0.1) is 0 Å². The lowest BCUT2D eigenvalue weighted by atomic mass is 10.1. The van der Waals surface area contributed by atoms with Gasteiger partial charge in [0.05, 0.1) is 13.0 Å². The second-order valence-electron chi connectivity index (χ2n) is 4.31. The number of benzene rings is 1. The van der Waals surface area contributed by atoms with Gasteiger partial charge in [-0.05, 0) is 24.6 Å². The summed E-state index contributed by atoms with van der Waals surface area (Å²) in [5.41, 5.74) is 0.431. The molecular formula is C13H15NO4. The van der Waals surface area contributed by atoms with Gasteiger partial charge in [0.2, 0.25) is 0 Å². The highest BCUT2D eigenvalue weighted by molar-refractivity contribution is 5.95. The normalized spacial score (nSPS) is 18.7. The van der Waals surface area contributed by atoms with Crippen molar-refractivity contribution in [3.05, 3.63) is 29.8 Å². The maximum absolute atomic E-state index is 12.1. The molecule has 5 nitrogen and oxygen atoms in total. The summed E-state index contributed by atoms with van der Waals surface area (Å²) in [6.45, 7) is 0.912. The predicted octanol–water partition coefficient (Wildman–Crippen LogP) is 1.03. The summed E-state index contributed by atoms with van der Waals surface area (Å²) in [5.74, 6) is -0.626. The minimum Gasteiger partial charge on any atom is -0.508 e. The first-order valence-corrected chi connectivity index (χ1v) is 5.78. The molecule has 1 aliphatic heterocycles. The molecule has 1 atom stereocenters. The molecule has 1 amide bonds. The minimum atomic E-state index is -0.277. The summed E-state index contributed by atoms with van der Waals surface area (Å²) in [6, 6.07) is 6.20. The van der Waals surface area contributed by atoms with Gasteiger partial charge in [0, 0.05) is 18.7 Å². The molecule has 1 heterocycles. The minimum absolute atomic E-state index is 0.0598. The lowest BCUT2D eigenvalue weighted by Gasteiger charge is -2.16. The van der Waals surface area contributed by atoms with E-state index in [4.69, 9.17) is 0 Å². The molecule has 1 unspecified atom stereocenters. The topological polar surface area (TPSA) is 66.8 Å². The summed E-state index contributed by atoms with van der Waals surface area (Å²) in [4.78, 5) is 25.1. The van der Waals surface area contributed by atoms with E-state index in [1.165, 1.54) is 19.2 Å². The van der Waals surface area contributed by atoms with Crippen molar-refractivity contribution in [2.75, 3.05) is 20.2 Å². The fourth-order valence-electron chi connectivity index (χ4n) is 2.13. The van der Waals surface area contributed by atoms with Crippen molar-refractivity contribution in [3.63, 3.8) is 0 Å². The van der Waals surface area contributed by atoms with E-state index >= 15 is 0 Å². The van der Waals surface area contributed by atoms with Gasteiger partial charge < -0.3 is 14.7 Å². The highest BCUT2D eigenvalue weighted by Crippen LogP contribution is 2.21. The van der Waals surface area contributed by atoms with Crippen LogP contribution in [-0.4, -0.2) is 42.1 Å². The molecule has 0 aromatic heterocycles. The van der Waals surface area contributed by atoms with Gasteiger partial charge in [-0.3, -0.25) is 9.59 Å². The number of rotatable bonds is 2. The predicted molar refractivity (Wildman–Crippen MR) is 64.1 cm³/mol. The number of hydrogen-bond acceptors (Lipinski definition) is 4. The maximum atomic E-state index is 12.1. The zero-order valence-corrected chi connectivity index (χ0v) is 10.1. The number of esters is 1. The van der Waals surface area contributed by atoms with Crippen molar-refractivity contribution in [1.82, 2.24) is 4.90 Å². The van der Waals surface area contributed by atoms with Gasteiger partial charge in [-0.25, -0.2) is 0 Å². The van der Waals surface area contributed by atoms with E-state index in [1.54, 1.807) is 17.0 Å². The van der Waals surface area contributed by atoms with Crippen LogP contribution < -0.4 is 0 Å². The quantitative estimate of drug-likeness (QED) is 0.795. The highest BCUT2D eigenvalue weighted by atomic mass is 16.5. The Morgan fingerprint density at radius 3 is 2.89 bits per heavy atom. The molecule has 0 bridgehead atoms. The second-order valence-corrected chi connectivity index (χ2v) is 4.31. The molecule has 1 saturated heterocycles. The van der Waals surface area contributed by atoms with E-state index in [2.05, 4.69) is 4.74 Å². The van der Waals surface area contributed by atoms with Crippen LogP contribution in [0.25, 0.3) is 0 Å². The van der Waals surface area contributed by atoms with E-state index in [0.717, 1.165) is 0 Å². The first-order valence-electron chi connectivity index (χ1n) is 5.78. The van der Waals surface area contributed by atoms with Gasteiger partial charge >= 0.3 is 5.97 Å². The van der Waals surface area contributed by atoms with Crippen LogP contribution >= 0.6 is 0 Å². The molecule has 2 rings (SSSR count). The summed E-state index contributed by atoms with van der Waals surface area (Å²) >= 11 is 0. The Morgan fingerprint density at radius 1 is 1.44 bits per heavy atom. The smallest absolute Gasteiger partial charge is 0.310 e. The van der Waals surface area contributed by atoms with E-state index in [-0.39, 0.29) is 23.5 Å². The van der Waals surface area contributed by atoms with E-state index < -0.39 is 0 Å². The molecule has 1 fully saturated rings. The molecular weight excluding hydrogens is 234 g/mol. The van der Waals surface area contributed by atoms with Gasteiger partial charge in [-0.2, -0.15) is 0 Å². The fraction of sp³-hybridized carbons (Fsp3) is 0.385. The standard InChI is InChI=1S/C13H15NO4/c1-18-13(17)10-5-6-14(8-10)12(16)9-3-2-4-11(15)7-9/h2-4,7,10,15H,5-6,8H2,1H3. The van der Waals surface area contributed by atoms with Crippen LogP contribution in [0.15, 0.2) is 24.3 Å². The Labute approximate surface area is 105 Å². The van der Waals surface area contributed by atoms with Gasteiger partial charge in [-0.1, -0.05) is 6.07 Å². The SMILES string of the molecule is COC(=O)C1CCN(C(=O)c2cccc(O)c2)C1. The molecule has 1 aromatic rings. The Hall–Kier alpha value is -2.04. The molecule has 0 saturated carbocycles. The average Bonchev–Trinajstić information content (AvgIpc) is 2.86. The molecule has 0 spiro atoms. The lowest BCUT2D eigenvalue weighted by Crippen LogP contribution is -2.30. The second kappa shape index (κ2) is 5.08. The third kappa shape index (κ3) is 2.45. The summed E-state index contributed by atoms with van der Waals surface area (Å²) in [7, 11) is 1.35. The monoisotopic (exact) mass is 249 g/mol. The zero-order chi connectivity index (χ0) is 13.1. The fourth-order valence-corrected chi connectivity index (χ4v) is 2.13. The molecule has 0 aliphatic carbocycles. The van der Waals surface area contributed by atoms with Crippen LogP contribution in [-0.2, 0) is 9.53 Å². The number of ether oxygens (including phenoxy) is 1. The number of methoxy groups -OCH3 is 1. The van der Waals surface area contributed by atoms with Gasteiger partial charge in [0.25, 0.3) is 5.91 Å². The number of phenols is 1. The van der Waals surface area contributed by atoms with Crippen molar-refractivity contribution >= 4 is 11.9 Å². The van der Waals surface area contributed by atoms with E-state index in [1.807, 2.05) is 0 Å².